The molecule has 0 aliphatic heterocycles. The Balaban J connectivity index is 2.43. The van der Waals surface area contributed by atoms with Gasteiger partial charge < -0.3 is 4.74 Å². The van der Waals surface area contributed by atoms with Gasteiger partial charge in [0, 0.05) is 12.8 Å². The summed E-state index contributed by atoms with van der Waals surface area (Å²) in [6, 6.07) is 6.01. The van der Waals surface area contributed by atoms with Gasteiger partial charge in [0.2, 0.25) is 0 Å². The van der Waals surface area contributed by atoms with Crippen molar-refractivity contribution < 1.29 is 9.53 Å². The molecule has 0 amide bonds. The highest BCUT2D eigenvalue weighted by Gasteiger charge is 2.21. The van der Waals surface area contributed by atoms with Gasteiger partial charge in [0.25, 0.3) is 0 Å². The maximum atomic E-state index is 11.4. The molecule has 1 aromatic rings. The van der Waals surface area contributed by atoms with Crippen LogP contribution < -0.4 is 4.74 Å². The first-order valence-electron chi connectivity index (χ1n) is 4.89. The number of carbonyl (C=O) groups excluding carboxylic acids is 1. The monoisotopic (exact) mass is 190 g/mol. The summed E-state index contributed by atoms with van der Waals surface area (Å²) >= 11 is 0. The first kappa shape index (κ1) is 9.25. The summed E-state index contributed by atoms with van der Waals surface area (Å²) in [5.74, 6) is 1.53. The minimum Gasteiger partial charge on any atom is -0.497 e. The Morgan fingerprint density at radius 1 is 1.43 bits per heavy atom. The maximum absolute atomic E-state index is 11.4. The van der Waals surface area contributed by atoms with Crippen LogP contribution in [-0.2, 0) is 11.2 Å². The Morgan fingerprint density at radius 2 is 2.21 bits per heavy atom. The molecular weight excluding hydrogens is 176 g/mol. The van der Waals surface area contributed by atoms with Crippen LogP contribution in [0.25, 0.3) is 0 Å². The molecule has 2 rings (SSSR count). The van der Waals surface area contributed by atoms with Gasteiger partial charge >= 0.3 is 0 Å². The Morgan fingerprint density at radius 3 is 2.93 bits per heavy atom. The number of carbonyl (C=O) groups is 1. The van der Waals surface area contributed by atoms with Gasteiger partial charge in [-0.1, -0.05) is 13.0 Å². The highest BCUT2D eigenvalue weighted by atomic mass is 16.5. The summed E-state index contributed by atoms with van der Waals surface area (Å²) in [6.45, 7) is 2.10. The highest BCUT2D eigenvalue weighted by Crippen LogP contribution is 2.31. The second-order valence-electron chi connectivity index (χ2n) is 3.89. The van der Waals surface area contributed by atoms with E-state index in [2.05, 4.69) is 13.0 Å². The van der Waals surface area contributed by atoms with Crippen LogP contribution in [0.2, 0.25) is 0 Å². The van der Waals surface area contributed by atoms with E-state index in [9.17, 15) is 4.79 Å². The van der Waals surface area contributed by atoms with E-state index in [1.54, 1.807) is 7.11 Å². The number of ketones is 1. The highest BCUT2D eigenvalue weighted by molar-refractivity contribution is 5.84. The summed E-state index contributed by atoms with van der Waals surface area (Å²) in [6.07, 6.45) is 1.25. The third-order valence-corrected chi connectivity index (χ3v) is 2.80. The van der Waals surface area contributed by atoms with Gasteiger partial charge in [-0.15, -0.1) is 0 Å². The molecule has 0 heterocycles. The SMILES string of the molecule is COc1ccc2c(c1)CC(=O)CC2C. The van der Waals surface area contributed by atoms with Crippen molar-refractivity contribution in [2.24, 2.45) is 0 Å². The molecule has 2 nitrogen and oxygen atoms in total. The number of methoxy groups -OCH3 is 1. The van der Waals surface area contributed by atoms with E-state index in [1.807, 2.05) is 12.1 Å². The molecule has 0 N–H and O–H groups in total. The Hall–Kier alpha value is -1.31. The standard InChI is InChI=1S/C12H14O2/c1-8-5-10(13)6-9-7-11(14-2)3-4-12(8)9/h3-4,7-8H,5-6H2,1-2H3. The molecule has 14 heavy (non-hydrogen) atoms. The minimum absolute atomic E-state index is 0.332. The number of hydrogen-bond acceptors (Lipinski definition) is 2. The van der Waals surface area contributed by atoms with Gasteiger partial charge in [-0.25, -0.2) is 0 Å². The molecule has 0 saturated carbocycles. The quantitative estimate of drug-likeness (QED) is 0.679. The normalized spacial score (nSPS) is 20.4. The molecule has 0 radical (unpaired) electrons. The number of ether oxygens (including phenoxy) is 1. The topological polar surface area (TPSA) is 26.3 Å². The summed E-state index contributed by atoms with van der Waals surface area (Å²) in [5, 5.41) is 0. The van der Waals surface area contributed by atoms with Gasteiger partial charge in [0.05, 0.1) is 7.11 Å². The van der Waals surface area contributed by atoms with E-state index >= 15 is 0 Å². The van der Waals surface area contributed by atoms with E-state index in [0.717, 1.165) is 11.3 Å². The fourth-order valence-corrected chi connectivity index (χ4v) is 2.08. The maximum Gasteiger partial charge on any atom is 0.137 e. The minimum atomic E-state index is 0.332. The van der Waals surface area contributed by atoms with Crippen molar-refractivity contribution in [2.45, 2.75) is 25.7 Å². The number of Topliss-reactive ketones (excluding diaryl/α,β-unsaturated/α-hetero) is 1. The van der Waals surface area contributed by atoms with Crippen LogP contribution in [0.4, 0.5) is 0 Å². The molecule has 0 spiro atoms. The van der Waals surface area contributed by atoms with Crippen molar-refractivity contribution in [2.75, 3.05) is 7.11 Å². The van der Waals surface area contributed by atoms with Crippen LogP contribution >= 0.6 is 0 Å². The summed E-state index contributed by atoms with van der Waals surface area (Å²) in [4.78, 5) is 11.4. The molecule has 1 unspecified atom stereocenters. The second kappa shape index (κ2) is 3.45. The number of hydrogen-bond donors (Lipinski definition) is 0. The van der Waals surface area contributed by atoms with E-state index in [1.165, 1.54) is 5.56 Å². The fraction of sp³-hybridized carbons (Fsp3) is 0.417. The zero-order valence-electron chi connectivity index (χ0n) is 8.54. The smallest absolute Gasteiger partial charge is 0.137 e. The molecule has 1 atom stereocenters. The molecule has 0 aromatic heterocycles. The third kappa shape index (κ3) is 1.52. The zero-order chi connectivity index (χ0) is 10.1. The zero-order valence-corrected chi connectivity index (χ0v) is 8.54. The van der Waals surface area contributed by atoms with E-state index in [4.69, 9.17) is 4.74 Å². The first-order valence-corrected chi connectivity index (χ1v) is 4.89. The van der Waals surface area contributed by atoms with Crippen LogP contribution in [-0.4, -0.2) is 12.9 Å². The second-order valence-corrected chi connectivity index (χ2v) is 3.89. The number of benzene rings is 1. The van der Waals surface area contributed by atoms with E-state index in [-0.39, 0.29) is 0 Å². The Bertz CT molecular complexity index is 369. The van der Waals surface area contributed by atoms with Crippen molar-refractivity contribution >= 4 is 5.78 Å². The first-order chi connectivity index (χ1) is 6.70. The molecular formula is C12H14O2. The molecule has 1 aliphatic carbocycles. The molecule has 1 aromatic carbocycles. The summed E-state index contributed by atoms with van der Waals surface area (Å²) < 4.78 is 5.14. The molecule has 0 saturated heterocycles. The van der Waals surface area contributed by atoms with Crippen LogP contribution in [0.1, 0.15) is 30.4 Å². The summed E-state index contributed by atoms with van der Waals surface area (Å²) in [5.41, 5.74) is 2.43. The Labute approximate surface area is 83.9 Å². The molecule has 1 aliphatic rings. The lowest BCUT2D eigenvalue weighted by Crippen LogP contribution is -2.16. The average Bonchev–Trinajstić information content (AvgIpc) is 2.16. The van der Waals surface area contributed by atoms with Crippen LogP contribution in [0, 0.1) is 0 Å². The molecule has 74 valence electrons. The molecule has 2 heteroatoms. The van der Waals surface area contributed by atoms with Crippen molar-refractivity contribution in [3.8, 4) is 5.75 Å². The van der Waals surface area contributed by atoms with Gasteiger partial charge in [-0.05, 0) is 29.2 Å². The van der Waals surface area contributed by atoms with Gasteiger partial charge in [0.15, 0.2) is 0 Å². The van der Waals surface area contributed by atoms with Crippen molar-refractivity contribution in [1.82, 2.24) is 0 Å². The van der Waals surface area contributed by atoms with Crippen molar-refractivity contribution in [1.29, 1.82) is 0 Å². The fourth-order valence-electron chi connectivity index (χ4n) is 2.08. The number of rotatable bonds is 1. The molecule has 0 bridgehead atoms. The van der Waals surface area contributed by atoms with Gasteiger partial charge in [-0.3, -0.25) is 4.79 Å². The van der Waals surface area contributed by atoms with E-state index < -0.39 is 0 Å². The predicted octanol–water partition coefficient (Wildman–Crippen LogP) is 2.31. The van der Waals surface area contributed by atoms with Crippen LogP contribution in [0.15, 0.2) is 18.2 Å². The predicted molar refractivity (Wildman–Crippen MR) is 54.7 cm³/mol. The molecule has 0 fully saturated rings. The van der Waals surface area contributed by atoms with E-state index in [0.29, 0.717) is 24.5 Å². The average molecular weight is 190 g/mol. The van der Waals surface area contributed by atoms with Gasteiger partial charge in [-0.2, -0.15) is 0 Å². The van der Waals surface area contributed by atoms with Crippen LogP contribution in [0.3, 0.4) is 0 Å². The lowest BCUT2D eigenvalue weighted by atomic mass is 9.83. The third-order valence-electron chi connectivity index (χ3n) is 2.80. The van der Waals surface area contributed by atoms with Crippen LogP contribution in [0.5, 0.6) is 5.75 Å². The van der Waals surface area contributed by atoms with Crippen molar-refractivity contribution in [3.05, 3.63) is 29.3 Å². The largest absolute Gasteiger partial charge is 0.497 e. The Kier molecular flexibility index (Phi) is 2.28. The lowest BCUT2D eigenvalue weighted by Gasteiger charge is -2.21. The number of fused-ring (bicyclic) bond motifs is 1. The summed E-state index contributed by atoms with van der Waals surface area (Å²) in [7, 11) is 1.65. The lowest BCUT2D eigenvalue weighted by molar-refractivity contribution is -0.119. The van der Waals surface area contributed by atoms with Gasteiger partial charge in [0.1, 0.15) is 11.5 Å². The van der Waals surface area contributed by atoms with Crippen molar-refractivity contribution in [3.63, 3.8) is 0 Å².